The molecule has 10 heteroatoms. The molecule has 34 heavy (non-hydrogen) atoms. The van der Waals surface area contributed by atoms with Crippen molar-refractivity contribution < 1.29 is 19.1 Å². The number of halogens is 1. The van der Waals surface area contributed by atoms with Crippen LogP contribution in [0.3, 0.4) is 0 Å². The van der Waals surface area contributed by atoms with Gasteiger partial charge in [-0.3, -0.25) is 14.9 Å². The van der Waals surface area contributed by atoms with Gasteiger partial charge in [0, 0.05) is 43.9 Å². The summed E-state index contributed by atoms with van der Waals surface area (Å²) in [6, 6.07) is 10.5. The van der Waals surface area contributed by atoms with Gasteiger partial charge in [-0.1, -0.05) is 18.5 Å². The van der Waals surface area contributed by atoms with Crippen molar-refractivity contribution in [3.8, 4) is 11.5 Å². The first-order valence-electron chi connectivity index (χ1n) is 11.3. The third-order valence-electron chi connectivity index (χ3n) is 5.67. The minimum atomic E-state index is -0.354. The van der Waals surface area contributed by atoms with Crippen molar-refractivity contribution in [3.05, 3.63) is 47.0 Å². The molecule has 0 aliphatic carbocycles. The van der Waals surface area contributed by atoms with E-state index in [0.717, 1.165) is 25.2 Å². The van der Waals surface area contributed by atoms with Crippen molar-refractivity contribution in [2.75, 3.05) is 49.6 Å². The van der Waals surface area contributed by atoms with E-state index < -0.39 is 0 Å². The highest BCUT2D eigenvalue weighted by molar-refractivity contribution is 7.80. The van der Waals surface area contributed by atoms with Crippen molar-refractivity contribution in [1.82, 2.24) is 10.2 Å². The molecule has 2 aliphatic heterocycles. The molecular formula is C24H27ClN4O4S. The van der Waals surface area contributed by atoms with Crippen molar-refractivity contribution >= 4 is 52.1 Å². The van der Waals surface area contributed by atoms with Gasteiger partial charge in [0.25, 0.3) is 5.91 Å². The molecule has 0 bridgehead atoms. The van der Waals surface area contributed by atoms with Crippen LogP contribution >= 0.6 is 23.8 Å². The number of fused-ring (bicyclic) bond motifs is 1. The second-order valence-corrected chi connectivity index (χ2v) is 8.87. The topological polar surface area (TPSA) is 83.1 Å². The number of anilines is 2. The predicted octanol–water partition coefficient (Wildman–Crippen LogP) is 3.69. The molecule has 8 nitrogen and oxygen atoms in total. The Morgan fingerprint density at radius 2 is 1.76 bits per heavy atom. The summed E-state index contributed by atoms with van der Waals surface area (Å²) in [4.78, 5) is 28.8. The van der Waals surface area contributed by atoms with Crippen LogP contribution in [0.2, 0.25) is 5.02 Å². The molecule has 2 aromatic rings. The van der Waals surface area contributed by atoms with Crippen LogP contribution < -0.4 is 25.0 Å². The molecule has 0 atom stereocenters. The summed E-state index contributed by atoms with van der Waals surface area (Å²) in [6.45, 7) is 5.78. The summed E-state index contributed by atoms with van der Waals surface area (Å²) in [5.41, 5.74) is 1.98. The van der Waals surface area contributed by atoms with Crippen LogP contribution in [-0.2, 0) is 4.79 Å². The molecule has 0 spiro atoms. The summed E-state index contributed by atoms with van der Waals surface area (Å²) >= 11 is 11.8. The first-order valence-corrected chi connectivity index (χ1v) is 12.1. The lowest BCUT2D eigenvalue weighted by molar-refractivity contribution is -0.131. The average molecular weight is 503 g/mol. The number of piperazine rings is 1. The maximum atomic E-state index is 12.6. The van der Waals surface area contributed by atoms with Gasteiger partial charge in [-0.25, -0.2) is 0 Å². The number of nitrogens with zero attached hydrogens (tertiary/aromatic N) is 2. The molecule has 2 heterocycles. The molecule has 0 radical (unpaired) electrons. The zero-order valence-electron chi connectivity index (χ0n) is 18.9. The van der Waals surface area contributed by atoms with Gasteiger partial charge in [0.1, 0.15) is 13.2 Å². The average Bonchev–Trinajstić information content (AvgIpc) is 2.84. The van der Waals surface area contributed by atoms with Gasteiger partial charge in [0.2, 0.25) is 5.91 Å². The molecule has 2 aromatic carbocycles. The molecule has 0 saturated carbocycles. The Kier molecular flexibility index (Phi) is 7.74. The fourth-order valence-electron chi connectivity index (χ4n) is 3.93. The molecule has 1 fully saturated rings. The summed E-state index contributed by atoms with van der Waals surface area (Å²) in [7, 11) is 0. The van der Waals surface area contributed by atoms with Crippen molar-refractivity contribution in [3.63, 3.8) is 0 Å². The number of nitrogens with one attached hydrogen (secondary N) is 2. The Bertz CT molecular complexity index is 1090. The summed E-state index contributed by atoms with van der Waals surface area (Å²) in [5.74, 6) is 1.01. The molecule has 0 unspecified atom stereocenters. The second-order valence-electron chi connectivity index (χ2n) is 8.05. The lowest BCUT2D eigenvalue weighted by atomic mass is 10.2. The van der Waals surface area contributed by atoms with Gasteiger partial charge < -0.3 is 24.6 Å². The van der Waals surface area contributed by atoms with E-state index in [1.807, 2.05) is 24.0 Å². The first kappa shape index (κ1) is 24.1. The summed E-state index contributed by atoms with van der Waals surface area (Å²) in [5, 5.41) is 6.40. The van der Waals surface area contributed by atoms with Crippen LogP contribution in [0.5, 0.6) is 11.5 Å². The Morgan fingerprint density at radius 3 is 2.47 bits per heavy atom. The number of benzene rings is 2. The van der Waals surface area contributed by atoms with Gasteiger partial charge in [-0.2, -0.15) is 0 Å². The first-order chi connectivity index (χ1) is 16.4. The fourth-order valence-corrected chi connectivity index (χ4v) is 4.44. The fraction of sp³-hybridized carbons (Fsp3) is 0.375. The largest absolute Gasteiger partial charge is 0.486 e. The number of amides is 2. The maximum absolute atomic E-state index is 12.6. The van der Waals surface area contributed by atoms with E-state index >= 15 is 0 Å². The highest BCUT2D eigenvalue weighted by Crippen LogP contribution is 2.31. The number of rotatable bonds is 5. The smallest absolute Gasteiger partial charge is 0.257 e. The lowest BCUT2D eigenvalue weighted by Gasteiger charge is -2.36. The standard InChI is InChI=1S/C24H27ClN4O4S/c1-2-3-22(30)29-10-8-28(9-11-29)19-6-5-17(15-18(19)25)26-24(34)27-23(31)16-4-7-20-21(14-16)33-13-12-32-20/h4-7,14-15H,2-3,8-13H2,1H3,(H2,26,27,31,34). The Morgan fingerprint density at radius 1 is 1.03 bits per heavy atom. The van der Waals surface area contributed by atoms with E-state index in [1.54, 1.807) is 24.3 Å². The minimum Gasteiger partial charge on any atom is -0.486 e. The van der Waals surface area contributed by atoms with Crippen molar-refractivity contribution in [2.45, 2.75) is 19.8 Å². The number of hydrogen-bond acceptors (Lipinski definition) is 6. The third-order valence-corrected chi connectivity index (χ3v) is 6.18. The summed E-state index contributed by atoms with van der Waals surface area (Å²) < 4.78 is 11.0. The van der Waals surface area contributed by atoms with E-state index in [0.29, 0.717) is 60.5 Å². The normalized spacial score (nSPS) is 15.0. The minimum absolute atomic E-state index is 0.159. The monoisotopic (exact) mass is 502 g/mol. The highest BCUT2D eigenvalue weighted by atomic mass is 35.5. The number of carbonyl (C=O) groups is 2. The Labute approximate surface area is 209 Å². The van der Waals surface area contributed by atoms with E-state index in [-0.39, 0.29) is 16.9 Å². The van der Waals surface area contributed by atoms with Gasteiger partial charge >= 0.3 is 0 Å². The SMILES string of the molecule is CCCC(=O)N1CCN(c2ccc(NC(=S)NC(=O)c3ccc4c(c3)OCCO4)cc2Cl)CC1. The van der Waals surface area contributed by atoms with Crippen LogP contribution in [-0.4, -0.2) is 61.2 Å². The lowest BCUT2D eigenvalue weighted by Crippen LogP contribution is -2.48. The maximum Gasteiger partial charge on any atom is 0.257 e. The molecular weight excluding hydrogens is 476 g/mol. The van der Waals surface area contributed by atoms with E-state index in [9.17, 15) is 9.59 Å². The van der Waals surface area contributed by atoms with Crippen molar-refractivity contribution in [2.24, 2.45) is 0 Å². The number of carbonyl (C=O) groups excluding carboxylic acids is 2. The van der Waals surface area contributed by atoms with Gasteiger partial charge in [-0.05, 0) is 55.0 Å². The second kappa shape index (κ2) is 10.9. The molecule has 0 aromatic heterocycles. The Balaban J connectivity index is 1.32. The van der Waals surface area contributed by atoms with Crippen LogP contribution in [0.25, 0.3) is 0 Å². The zero-order chi connectivity index (χ0) is 24.1. The van der Waals surface area contributed by atoms with Crippen LogP contribution in [0.1, 0.15) is 30.1 Å². The van der Waals surface area contributed by atoms with Crippen molar-refractivity contribution in [1.29, 1.82) is 0 Å². The predicted molar refractivity (Wildman–Crippen MR) is 136 cm³/mol. The van der Waals surface area contributed by atoms with E-state index in [4.69, 9.17) is 33.3 Å². The zero-order valence-corrected chi connectivity index (χ0v) is 20.5. The van der Waals surface area contributed by atoms with Gasteiger partial charge in [0.05, 0.1) is 10.7 Å². The molecule has 2 N–H and O–H groups in total. The van der Waals surface area contributed by atoms with Crippen LogP contribution in [0, 0.1) is 0 Å². The summed E-state index contributed by atoms with van der Waals surface area (Å²) in [6.07, 6.45) is 1.45. The Hall–Kier alpha value is -3.04. The number of thiocarbonyl (C=S) groups is 1. The molecule has 180 valence electrons. The van der Waals surface area contributed by atoms with Gasteiger partial charge in [0.15, 0.2) is 16.6 Å². The van der Waals surface area contributed by atoms with Crippen LogP contribution in [0.15, 0.2) is 36.4 Å². The molecule has 4 rings (SSSR count). The van der Waals surface area contributed by atoms with Crippen LogP contribution in [0.4, 0.5) is 11.4 Å². The van der Waals surface area contributed by atoms with E-state index in [2.05, 4.69) is 15.5 Å². The molecule has 1 saturated heterocycles. The quantitative estimate of drug-likeness (QED) is 0.603. The van der Waals surface area contributed by atoms with Gasteiger partial charge in [-0.15, -0.1) is 0 Å². The molecule has 2 aliphatic rings. The number of hydrogen-bond donors (Lipinski definition) is 2. The molecule has 2 amide bonds. The van der Waals surface area contributed by atoms with E-state index in [1.165, 1.54) is 0 Å². The number of ether oxygens (including phenoxy) is 2. The highest BCUT2D eigenvalue weighted by Gasteiger charge is 2.22. The third kappa shape index (κ3) is 5.71.